The van der Waals surface area contributed by atoms with Gasteiger partial charge in [0.25, 0.3) is 0 Å². The van der Waals surface area contributed by atoms with Gasteiger partial charge in [-0.3, -0.25) is 4.98 Å². The van der Waals surface area contributed by atoms with Gasteiger partial charge in [-0.1, -0.05) is 11.8 Å². The molecule has 0 spiro atoms. The number of pyridine rings is 1. The number of ether oxygens (including phenoxy) is 2. The average molecular weight is 303 g/mol. The standard InChI is InChI=1S/C15H17N3O2S/c1-19-13-5-3-11(4-6-13)18-15(16)21-10-12-9-14(20-2)7-8-17-12/h3-9H,10H2,1-2H3,(H2,16,18). The largest absolute Gasteiger partial charge is 0.497 e. The second kappa shape index (κ2) is 7.54. The Morgan fingerprint density at radius 1 is 1.14 bits per heavy atom. The first kappa shape index (κ1) is 15.2. The van der Waals surface area contributed by atoms with Crippen molar-refractivity contribution in [3.05, 3.63) is 48.3 Å². The van der Waals surface area contributed by atoms with Crippen molar-refractivity contribution < 1.29 is 9.47 Å². The molecule has 0 atom stereocenters. The number of benzene rings is 1. The zero-order valence-electron chi connectivity index (χ0n) is 11.9. The van der Waals surface area contributed by atoms with E-state index in [1.54, 1.807) is 20.4 Å². The first-order valence-electron chi connectivity index (χ1n) is 6.31. The molecule has 2 N–H and O–H groups in total. The highest BCUT2D eigenvalue weighted by Crippen LogP contribution is 2.20. The van der Waals surface area contributed by atoms with Crippen LogP contribution in [0.15, 0.2) is 47.6 Å². The SMILES string of the molecule is COc1ccc(N=C(N)SCc2cc(OC)ccn2)cc1. The molecule has 21 heavy (non-hydrogen) atoms. The van der Waals surface area contributed by atoms with E-state index in [1.165, 1.54) is 11.8 Å². The van der Waals surface area contributed by atoms with E-state index in [4.69, 9.17) is 15.2 Å². The number of aliphatic imine (C=N–C) groups is 1. The number of nitrogens with zero attached hydrogens (tertiary/aromatic N) is 2. The minimum absolute atomic E-state index is 0.491. The summed E-state index contributed by atoms with van der Waals surface area (Å²) in [5.74, 6) is 2.22. The fourth-order valence-electron chi connectivity index (χ4n) is 1.63. The minimum atomic E-state index is 0.491. The first-order valence-corrected chi connectivity index (χ1v) is 7.30. The van der Waals surface area contributed by atoms with E-state index < -0.39 is 0 Å². The molecule has 0 fully saturated rings. The van der Waals surface area contributed by atoms with E-state index in [1.807, 2.05) is 36.4 Å². The summed E-state index contributed by atoms with van der Waals surface area (Å²) in [4.78, 5) is 8.60. The summed E-state index contributed by atoms with van der Waals surface area (Å²) < 4.78 is 10.3. The van der Waals surface area contributed by atoms with Gasteiger partial charge >= 0.3 is 0 Å². The highest BCUT2D eigenvalue weighted by Gasteiger charge is 2.01. The predicted octanol–water partition coefficient (Wildman–Crippen LogP) is 2.98. The lowest BCUT2D eigenvalue weighted by atomic mass is 10.3. The van der Waals surface area contributed by atoms with Crippen molar-refractivity contribution in [1.29, 1.82) is 0 Å². The third-order valence-electron chi connectivity index (χ3n) is 2.70. The van der Waals surface area contributed by atoms with Crippen LogP contribution < -0.4 is 15.2 Å². The molecule has 0 aliphatic heterocycles. The number of thioether (sulfide) groups is 1. The van der Waals surface area contributed by atoms with E-state index in [2.05, 4.69) is 9.98 Å². The maximum absolute atomic E-state index is 5.92. The van der Waals surface area contributed by atoms with Crippen molar-refractivity contribution in [3.8, 4) is 11.5 Å². The van der Waals surface area contributed by atoms with Gasteiger partial charge in [-0.15, -0.1) is 0 Å². The van der Waals surface area contributed by atoms with Crippen LogP contribution in [0.3, 0.4) is 0 Å². The van der Waals surface area contributed by atoms with Crippen LogP contribution in [0.4, 0.5) is 5.69 Å². The lowest BCUT2D eigenvalue weighted by Crippen LogP contribution is -2.06. The van der Waals surface area contributed by atoms with Crippen molar-refractivity contribution in [2.45, 2.75) is 5.75 Å². The Labute approximate surface area is 128 Å². The number of hydrogen-bond acceptors (Lipinski definition) is 5. The Balaban J connectivity index is 1.96. The molecule has 0 aliphatic rings. The summed E-state index contributed by atoms with van der Waals surface area (Å²) in [5, 5.41) is 0.491. The molecule has 0 saturated carbocycles. The molecule has 110 valence electrons. The normalized spacial score (nSPS) is 11.2. The fourth-order valence-corrected chi connectivity index (χ4v) is 2.25. The smallest absolute Gasteiger partial charge is 0.159 e. The van der Waals surface area contributed by atoms with E-state index in [-0.39, 0.29) is 0 Å². The number of methoxy groups -OCH3 is 2. The number of nitrogens with two attached hydrogens (primary N) is 1. The summed E-state index contributed by atoms with van der Waals surface area (Å²) in [5.41, 5.74) is 7.60. The fraction of sp³-hybridized carbons (Fsp3) is 0.200. The average Bonchev–Trinajstić information content (AvgIpc) is 2.54. The van der Waals surface area contributed by atoms with Crippen molar-refractivity contribution in [2.75, 3.05) is 14.2 Å². The molecule has 0 bridgehead atoms. The Morgan fingerprint density at radius 2 is 1.86 bits per heavy atom. The quantitative estimate of drug-likeness (QED) is 0.679. The summed E-state index contributed by atoms with van der Waals surface area (Å²) in [6.45, 7) is 0. The topological polar surface area (TPSA) is 69.7 Å². The molecule has 0 saturated heterocycles. The number of amidine groups is 1. The van der Waals surface area contributed by atoms with Gasteiger partial charge in [-0.05, 0) is 30.3 Å². The van der Waals surface area contributed by atoms with Gasteiger partial charge in [-0.2, -0.15) is 0 Å². The zero-order chi connectivity index (χ0) is 15.1. The molecule has 2 aromatic rings. The summed E-state index contributed by atoms with van der Waals surface area (Å²) >= 11 is 1.43. The molecule has 2 rings (SSSR count). The monoisotopic (exact) mass is 303 g/mol. The van der Waals surface area contributed by atoms with Crippen molar-refractivity contribution in [2.24, 2.45) is 10.7 Å². The Bertz CT molecular complexity index is 615. The molecule has 0 aliphatic carbocycles. The second-order valence-corrected chi connectivity index (χ2v) is 5.12. The van der Waals surface area contributed by atoms with Crippen LogP contribution in [0, 0.1) is 0 Å². The minimum Gasteiger partial charge on any atom is -0.497 e. The van der Waals surface area contributed by atoms with Gasteiger partial charge in [0, 0.05) is 18.0 Å². The van der Waals surface area contributed by atoms with E-state index in [9.17, 15) is 0 Å². The van der Waals surface area contributed by atoms with Crippen LogP contribution in [0.25, 0.3) is 0 Å². The van der Waals surface area contributed by atoms with Gasteiger partial charge in [0.15, 0.2) is 5.17 Å². The third kappa shape index (κ3) is 4.68. The lowest BCUT2D eigenvalue weighted by molar-refractivity contribution is 0.413. The highest BCUT2D eigenvalue weighted by atomic mass is 32.2. The van der Waals surface area contributed by atoms with Crippen LogP contribution >= 0.6 is 11.8 Å². The zero-order valence-corrected chi connectivity index (χ0v) is 12.8. The molecule has 0 radical (unpaired) electrons. The van der Waals surface area contributed by atoms with E-state index in [0.29, 0.717) is 10.9 Å². The van der Waals surface area contributed by atoms with Crippen molar-refractivity contribution in [3.63, 3.8) is 0 Å². The Hall–Kier alpha value is -2.21. The number of aromatic nitrogens is 1. The van der Waals surface area contributed by atoms with E-state index in [0.717, 1.165) is 22.9 Å². The molecule has 1 heterocycles. The van der Waals surface area contributed by atoms with Gasteiger partial charge in [-0.25, -0.2) is 4.99 Å². The van der Waals surface area contributed by atoms with Gasteiger partial charge < -0.3 is 15.2 Å². The Morgan fingerprint density at radius 3 is 2.52 bits per heavy atom. The maximum atomic E-state index is 5.92. The first-order chi connectivity index (χ1) is 10.2. The second-order valence-electron chi connectivity index (χ2n) is 4.12. The van der Waals surface area contributed by atoms with Crippen LogP contribution in [0.2, 0.25) is 0 Å². The van der Waals surface area contributed by atoms with E-state index >= 15 is 0 Å². The molecule has 0 unspecified atom stereocenters. The van der Waals surface area contributed by atoms with Crippen LogP contribution in [-0.2, 0) is 5.75 Å². The molecular weight excluding hydrogens is 286 g/mol. The molecule has 1 aromatic heterocycles. The van der Waals surface area contributed by atoms with Crippen molar-refractivity contribution in [1.82, 2.24) is 4.98 Å². The lowest BCUT2D eigenvalue weighted by Gasteiger charge is -2.04. The Kier molecular flexibility index (Phi) is 5.45. The molecule has 5 nitrogen and oxygen atoms in total. The van der Waals surface area contributed by atoms with Crippen LogP contribution in [0.1, 0.15) is 5.69 Å². The highest BCUT2D eigenvalue weighted by molar-refractivity contribution is 8.13. The molecule has 6 heteroatoms. The van der Waals surface area contributed by atoms with Crippen LogP contribution in [0.5, 0.6) is 11.5 Å². The summed E-state index contributed by atoms with van der Waals surface area (Å²) in [7, 11) is 3.26. The molecule has 0 amide bonds. The summed E-state index contributed by atoms with van der Waals surface area (Å²) in [6.07, 6.45) is 1.71. The summed E-state index contributed by atoms with van der Waals surface area (Å²) in [6, 6.07) is 11.1. The predicted molar refractivity (Wildman–Crippen MR) is 86.4 cm³/mol. The number of hydrogen-bond donors (Lipinski definition) is 1. The number of rotatable bonds is 5. The maximum Gasteiger partial charge on any atom is 0.159 e. The van der Waals surface area contributed by atoms with Crippen LogP contribution in [-0.4, -0.2) is 24.4 Å². The van der Waals surface area contributed by atoms with Gasteiger partial charge in [0.2, 0.25) is 0 Å². The molecular formula is C15H17N3O2S. The van der Waals surface area contributed by atoms with Gasteiger partial charge in [0.05, 0.1) is 25.6 Å². The van der Waals surface area contributed by atoms with Gasteiger partial charge in [0.1, 0.15) is 11.5 Å². The third-order valence-corrected chi connectivity index (χ3v) is 3.53. The van der Waals surface area contributed by atoms with Crippen molar-refractivity contribution >= 4 is 22.6 Å². The molecule has 1 aromatic carbocycles.